The van der Waals surface area contributed by atoms with E-state index in [-0.39, 0.29) is 6.04 Å². The van der Waals surface area contributed by atoms with Crippen LogP contribution in [0, 0.1) is 0 Å². The van der Waals surface area contributed by atoms with E-state index in [1.54, 1.807) is 7.11 Å². The number of aryl methyl sites for hydroxylation is 1. The van der Waals surface area contributed by atoms with Gasteiger partial charge in [0.15, 0.2) is 0 Å². The Kier molecular flexibility index (Phi) is 5.38. The molecule has 32 heavy (non-hydrogen) atoms. The molecule has 0 aliphatic rings. The number of pyridine rings is 1. The third-order valence-electron chi connectivity index (χ3n) is 6.18. The van der Waals surface area contributed by atoms with Crippen molar-refractivity contribution in [1.82, 2.24) is 14.9 Å². The summed E-state index contributed by atoms with van der Waals surface area (Å²) in [5, 5.41) is 7.39. The molecule has 5 rings (SSSR count). The monoisotopic (exact) mass is 421 g/mol. The second kappa shape index (κ2) is 8.48. The van der Waals surface area contributed by atoms with Gasteiger partial charge in [0.25, 0.3) is 0 Å². The van der Waals surface area contributed by atoms with E-state index in [9.17, 15) is 0 Å². The number of hydrogen-bond donors (Lipinski definition) is 1. The standard InChI is InChI=1S/C28H27N3O/c1-19(24-10-6-8-21-7-4-5-9-25(21)24)29-17-20-11-12-27(32-3)26(15-20)23-16-22-13-14-31(2)28(22)30-18-23/h4-16,18-19,29H,17H2,1-3H3. The predicted molar refractivity (Wildman–Crippen MR) is 132 cm³/mol. The summed E-state index contributed by atoms with van der Waals surface area (Å²) in [6, 6.07) is 25.9. The van der Waals surface area contributed by atoms with Gasteiger partial charge in [-0.2, -0.15) is 0 Å². The predicted octanol–water partition coefficient (Wildman–Crippen LogP) is 6.25. The summed E-state index contributed by atoms with van der Waals surface area (Å²) in [7, 11) is 3.73. The second-order valence-electron chi connectivity index (χ2n) is 8.27. The van der Waals surface area contributed by atoms with E-state index in [0.29, 0.717) is 0 Å². The Morgan fingerprint density at radius 3 is 2.69 bits per heavy atom. The van der Waals surface area contributed by atoms with Crippen molar-refractivity contribution in [3.05, 3.63) is 96.3 Å². The maximum atomic E-state index is 5.66. The van der Waals surface area contributed by atoms with E-state index < -0.39 is 0 Å². The van der Waals surface area contributed by atoms with Crippen LogP contribution in [0.4, 0.5) is 0 Å². The molecule has 0 amide bonds. The fraction of sp³-hybridized carbons (Fsp3) is 0.179. The summed E-state index contributed by atoms with van der Waals surface area (Å²) in [5.74, 6) is 0.855. The van der Waals surface area contributed by atoms with Crippen LogP contribution in [0.15, 0.2) is 85.2 Å². The molecule has 0 bridgehead atoms. The largest absolute Gasteiger partial charge is 0.496 e. The van der Waals surface area contributed by atoms with Gasteiger partial charge in [0.05, 0.1) is 7.11 Å². The van der Waals surface area contributed by atoms with Gasteiger partial charge in [0.1, 0.15) is 11.4 Å². The molecule has 1 N–H and O–H groups in total. The van der Waals surface area contributed by atoms with Crippen LogP contribution in [-0.2, 0) is 13.6 Å². The first kappa shape index (κ1) is 20.3. The summed E-state index contributed by atoms with van der Waals surface area (Å²) in [5.41, 5.74) is 5.62. The first-order valence-corrected chi connectivity index (χ1v) is 10.9. The number of rotatable bonds is 6. The minimum absolute atomic E-state index is 0.231. The smallest absolute Gasteiger partial charge is 0.139 e. The van der Waals surface area contributed by atoms with Gasteiger partial charge in [-0.15, -0.1) is 0 Å². The molecule has 160 valence electrons. The number of ether oxygens (including phenoxy) is 1. The zero-order valence-electron chi connectivity index (χ0n) is 18.7. The lowest BCUT2D eigenvalue weighted by molar-refractivity contribution is 0.416. The number of fused-ring (bicyclic) bond motifs is 2. The number of hydrogen-bond acceptors (Lipinski definition) is 3. The van der Waals surface area contributed by atoms with E-state index in [1.807, 2.05) is 30.1 Å². The van der Waals surface area contributed by atoms with Crippen LogP contribution in [0.5, 0.6) is 5.75 Å². The van der Waals surface area contributed by atoms with Crippen molar-refractivity contribution in [1.29, 1.82) is 0 Å². The van der Waals surface area contributed by atoms with E-state index >= 15 is 0 Å². The Balaban J connectivity index is 1.42. The highest BCUT2D eigenvalue weighted by Gasteiger charge is 2.12. The van der Waals surface area contributed by atoms with Gasteiger partial charge in [-0.3, -0.25) is 0 Å². The normalized spacial score (nSPS) is 12.3. The number of aromatic nitrogens is 2. The molecule has 0 saturated carbocycles. The topological polar surface area (TPSA) is 39.1 Å². The molecule has 4 nitrogen and oxygen atoms in total. The van der Waals surface area contributed by atoms with E-state index in [2.05, 4.69) is 84.0 Å². The van der Waals surface area contributed by atoms with Gasteiger partial charge < -0.3 is 14.6 Å². The maximum absolute atomic E-state index is 5.66. The van der Waals surface area contributed by atoms with Crippen molar-refractivity contribution in [2.24, 2.45) is 7.05 Å². The van der Waals surface area contributed by atoms with Crippen LogP contribution in [-0.4, -0.2) is 16.7 Å². The number of nitrogens with one attached hydrogen (secondary N) is 1. The summed E-state index contributed by atoms with van der Waals surface area (Å²) in [4.78, 5) is 4.66. The summed E-state index contributed by atoms with van der Waals surface area (Å²) >= 11 is 0. The summed E-state index contributed by atoms with van der Waals surface area (Å²) in [6.07, 6.45) is 3.96. The van der Waals surface area contributed by atoms with Crippen LogP contribution in [0.1, 0.15) is 24.1 Å². The minimum atomic E-state index is 0.231. The average Bonchev–Trinajstić information content (AvgIpc) is 3.22. The molecule has 3 aromatic carbocycles. The Bertz CT molecular complexity index is 1400. The molecule has 5 aromatic rings. The molecule has 4 heteroatoms. The van der Waals surface area contributed by atoms with Crippen LogP contribution in [0.3, 0.4) is 0 Å². The molecule has 2 heterocycles. The van der Waals surface area contributed by atoms with Gasteiger partial charge in [-0.1, -0.05) is 48.5 Å². The van der Waals surface area contributed by atoms with Gasteiger partial charge in [0, 0.05) is 48.5 Å². The Morgan fingerprint density at radius 1 is 0.969 bits per heavy atom. The lowest BCUT2D eigenvalue weighted by atomic mass is 9.99. The minimum Gasteiger partial charge on any atom is -0.496 e. The molecule has 0 radical (unpaired) electrons. The maximum Gasteiger partial charge on any atom is 0.139 e. The SMILES string of the molecule is COc1ccc(CNC(C)c2cccc3ccccc23)cc1-c1cnc2c(ccn2C)c1. The first-order chi connectivity index (χ1) is 15.6. The number of nitrogens with zero attached hydrogens (tertiary/aromatic N) is 2. The fourth-order valence-corrected chi connectivity index (χ4v) is 4.40. The Labute approximate surface area is 188 Å². The van der Waals surface area contributed by atoms with Crippen LogP contribution < -0.4 is 10.1 Å². The number of methoxy groups -OCH3 is 1. The third-order valence-corrected chi connectivity index (χ3v) is 6.18. The van der Waals surface area contributed by atoms with Crippen LogP contribution >= 0.6 is 0 Å². The quantitative estimate of drug-likeness (QED) is 0.352. The van der Waals surface area contributed by atoms with Gasteiger partial charge >= 0.3 is 0 Å². The van der Waals surface area contributed by atoms with Crippen molar-refractivity contribution >= 4 is 21.8 Å². The highest BCUT2D eigenvalue weighted by Crippen LogP contribution is 2.32. The van der Waals surface area contributed by atoms with Crippen molar-refractivity contribution < 1.29 is 4.74 Å². The van der Waals surface area contributed by atoms with Crippen molar-refractivity contribution in [2.45, 2.75) is 19.5 Å². The summed E-state index contributed by atoms with van der Waals surface area (Å²) in [6.45, 7) is 2.99. The van der Waals surface area contributed by atoms with E-state index in [0.717, 1.165) is 34.5 Å². The molecule has 1 atom stereocenters. The molecule has 0 spiro atoms. The van der Waals surface area contributed by atoms with E-state index in [4.69, 9.17) is 4.74 Å². The second-order valence-corrected chi connectivity index (χ2v) is 8.27. The number of benzene rings is 3. The molecule has 0 fully saturated rings. The van der Waals surface area contributed by atoms with E-state index in [1.165, 1.54) is 21.9 Å². The lowest BCUT2D eigenvalue weighted by Crippen LogP contribution is -2.18. The Morgan fingerprint density at radius 2 is 1.81 bits per heavy atom. The lowest BCUT2D eigenvalue weighted by Gasteiger charge is -2.18. The first-order valence-electron chi connectivity index (χ1n) is 10.9. The van der Waals surface area contributed by atoms with Crippen molar-refractivity contribution in [3.8, 4) is 16.9 Å². The van der Waals surface area contributed by atoms with Crippen LogP contribution in [0.2, 0.25) is 0 Å². The Hall–Kier alpha value is -3.63. The average molecular weight is 422 g/mol. The van der Waals surface area contributed by atoms with Gasteiger partial charge in [-0.05, 0) is 53.1 Å². The zero-order valence-corrected chi connectivity index (χ0v) is 18.7. The van der Waals surface area contributed by atoms with Crippen molar-refractivity contribution in [2.75, 3.05) is 7.11 Å². The molecule has 0 saturated heterocycles. The molecule has 2 aromatic heterocycles. The van der Waals surface area contributed by atoms with Gasteiger partial charge in [0.2, 0.25) is 0 Å². The summed E-state index contributed by atoms with van der Waals surface area (Å²) < 4.78 is 7.69. The molecular weight excluding hydrogens is 394 g/mol. The molecule has 0 aliphatic heterocycles. The zero-order chi connectivity index (χ0) is 22.1. The van der Waals surface area contributed by atoms with Gasteiger partial charge in [-0.25, -0.2) is 4.98 Å². The van der Waals surface area contributed by atoms with Crippen LogP contribution in [0.25, 0.3) is 32.9 Å². The van der Waals surface area contributed by atoms with Crippen molar-refractivity contribution in [3.63, 3.8) is 0 Å². The highest BCUT2D eigenvalue weighted by atomic mass is 16.5. The molecular formula is C28H27N3O. The highest BCUT2D eigenvalue weighted by molar-refractivity contribution is 5.86. The fourth-order valence-electron chi connectivity index (χ4n) is 4.40. The third kappa shape index (κ3) is 3.74. The molecule has 1 unspecified atom stereocenters. The molecule has 0 aliphatic carbocycles.